The van der Waals surface area contributed by atoms with Crippen LogP contribution in [0, 0.1) is 17.3 Å². The van der Waals surface area contributed by atoms with E-state index in [1.54, 1.807) is 0 Å². The van der Waals surface area contributed by atoms with E-state index in [0.717, 1.165) is 19.3 Å². The first-order valence-electron chi connectivity index (χ1n) is 9.29. The first-order chi connectivity index (χ1) is 13.3. The maximum absolute atomic E-state index is 13.6. The highest BCUT2D eigenvalue weighted by atomic mass is 32.2. The molecule has 0 aromatic rings. The summed E-state index contributed by atoms with van der Waals surface area (Å²) >= 11 is 0. The van der Waals surface area contributed by atoms with Gasteiger partial charge in [0.05, 0.1) is 24.0 Å². The topological polar surface area (TPSA) is 99.1 Å². The second-order valence-corrected chi connectivity index (χ2v) is 10.0. The van der Waals surface area contributed by atoms with E-state index in [1.807, 2.05) is 0 Å². The summed E-state index contributed by atoms with van der Waals surface area (Å²) < 4.78 is 98.9. The van der Waals surface area contributed by atoms with Crippen LogP contribution in [0.5, 0.6) is 0 Å². The van der Waals surface area contributed by atoms with Crippen molar-refractivity contribution in [2.24, 2.45) is 17.3 Å². The van der Waals surface area contributed by atoms with Gasteiger partial charge in [-0.3, -0.25) is 9.35 Å². The fourth-order valence-corrected chi connectivity index (χ4v) is 6.01. The van der Waals surface area contributed by atoms with Crippen molar-refractivity contribution in [1.82, 2.24) is 0 Å². The summed E-state index contributed by atoms with van der Waals surface area (Å²) in [7, 11) is -4.84. The van der Waals surface area contributed by atoms with Crippen LogP contribution in [0.2, 0.25) is 0 Å². The van der Waals surface area contributed by atoms with Crippen molar-refractivity contribution in [1.29, 1.82) is 0 Å². The van der Waals surface area contributed by atoms with Crippen molar-refractivity contribution in [2.45, 2.75) is 61.7 Å². The summed E-state index contributed by atoms with van der Waals surface area (Å²) in [4.78, 5) is 12.7. The highest BCUT2D eigenvalue weighted by Gasteiger charge is 2.66. The van der Waals surface area contributed by atoms with Crippen LogP contribution in [-0.2, 0) is 29.1 Å². The molecule has 0 aliphatic heterocycles. The average molecular weight is 448 g/mol. The minimum atomic E-state index is -6.32. The summed E-state index contributed by atoms with van der Waals surface area (Å²) in [5, 5.41) is -5.68. The van der Waals surface area contributed by atoms with Crippen molar-refractivity contribution < 1.29 is 49.5 Å². The van der Waals surface area contributed by atoms with Crippen molar-refractivity contribution in [2.75, 3.05) is 20.5 Å². The van der Waals surface area contributed by atoms with Gasteiger partial charge in [0.2, 0.25) is 0 Å². The highest BCUT2D eigenvalue weighted by molar-refractivity contribution is 7.87. The molecule has 4 aliphatic carbocycles. The van der Waals surface area contributed by atoms with Crippen molar-refractivity contribution in [3.05, 3.63) is 0 Å². The predicted molar refractivity (Wildman–Crippen MR) is 89.8 cm³/mol. The molecule has 4 aliphatic rings. The third-order valence-electron chi connectivity index (χ3n) is 6.32. The fraction of sp³-hybridized carbons (Fsp3) is 0.941. The predicted octanol–water partition coefficient (Wildman–Crippen LogP) is 3.00. The van der Waals surface area contributed by atoms with Gasteiger partial charge in [-0.25, -0.2) is 0 Å². The van der Waals surface area contributed by atoms with Gasteiger partial charge in [0.25, 0.3) is 0 Å². The molecule has 0 heterocycles. The first kappa shape index (κ1) is 22.7. The number of methoxy groups -OCH3 is 1. The van der Waals surface area contributed by atoms with Crippen LogP contribution in [0.1, 0.15) is 44.9 Å². The molecule has 7 nitrogen and oxygen atoms in total. The molecule has 29 heavy (non-hydrogen) atoms. The van der Waals surface area contributed by atoms with Crippen molar-refractivity contribution >= 4 is 16.1 Å². The maximum Gasteiger partial charge on any atom is 0.431 e. The zero-order chi connectivity index (χ0) is 21.7. The Hall–Kier alpha value is -0.980. The monoisotopic (exact) mass is 448 g/mol. The summed E-state index contributed by atoms with van der Waals surface area (Å²) in [5.74, 6) is -5.43. The van der Waals surface area contributed by atoms with Gasteiger partial charge in [0, 0.05) is 7.11 Å². The molecule has 4 fully saturated rings. The second kappa shape index (κ2) is 7.31. The molecular weight excluding hydrogens is 424 g/mol. The van der Waals surface area contributed by atoms with E-state index in [1.165, 1.54) is 7.11 Å². The van der Waals surface area contributed by atoms with Crippen molar-refractivity contribution in [3.63, 3.8) is 0 Å². The lowest BCUT2D eigenvalue weighted by atomic mass is 9.48. The Morgan fingerprint density at radius 2 is 1.72 bits per heavy atom. The number of carbonyl (C=O) groups is 1. The number of carbonyl (C=O) groups excluding carboxylic acids is 1. The zero-order valence-electron chi connectivity index (χ0n) is 15.8. The largest absolute Gasteiger partial charge is 0.465 e. The van der Waals surface area contributed by atoms with Crippen LogP contribution >= 0.6 is 0 Å². The minimum absolute atomic E-state index is 0.0570. The maximum atomic E-state index is 13.6. The highest BCUT2D eigenvalue weighted by Crippen LogP contribution is 2.63. The number of alkyl halides is 4. The molecular formula is C17H24F4O7S. The van der Waals surface area contributed by atoms with Gasteiger partial charge in [-0.05, 0) is 50.4 Å². The summed E-state index contributed by atoms with van der Waals surface area (Å²) in [5.41, 5.74) is -1.49. The summed E-state index contributed by atoms with van der Waals surface area (Å²) in [6.45, 7) is -1.04. The standard InChI is InChI=1S/C17H24F4O7S/c1-26-10-28-15-7-11-4-12(8-15)6-14(5-11,9-15)13(22)27-3-2-16(18,19)17(20,21)29(23,24)25/h11-12H,2-10H2,1H3,(H,23,24,25). The first-order valence-corrected chi connectivity index (χ1v) is 10.7. The fourth-order valence-electron chi connectivity index (χ4n) is 5.53. The third-order valence-corrected chi connectivity index (χ3v) is 7.27. The lowest BCUT2D eigenvalue weighted by Crippen LogP contribution is -2.59. The van der Waals surface area contributed by atoms with E-state index in [0.29, 0.717) is 19.3 Å². The van der Waals surface area contributed by atoms with Crippen LogP contribution in [0.3, 0.4) is 0 Å². The third kappa shape index (κ3) is 4.00. The van der Waals surface area contributed by atoms with E-state index >= 15 is 0 Å². The van der Waals surface area contributed by atoms with Crippen molar-refractivity contribution in [3.8, 4) is 0 Å². The Morgan fingerprint density at radius 3 is 2.24 bits per heavy atom. The molecule has 4 saturated carbocycles. The summed E-state index contributed by atoms with van der Waals surface area (Å²) in [6, 6.07) is 0. The van der Waals surface area contributed by atoms with Crippen LogP contribution in [0.15, 0.2) is 0 Å². The molecule has 0 spiro atoms. The van der Waals surface area contributed by atoms with Gasteiger partial charge in [-0.1, -0.05) is 0 Å². The number of esters is 1. The smallest absolute Gasteiger partial charge is 0.431 e. The quantitative estimate of drug-likeness (QED) is 0.251. The van der Waals surface area contributed by atoms with Gasteiger partial charge in [0.1, 0.15) is 6.79 Å². The minimum Gasteiger partial charge on any atom is -0.465 e. The average Bonchev–Trinajstić information content (AvgIpc) is 2.57. The molecule has 4 bridgehead atoms. The Bertz CT molecular complexity index is 741. The van der Waals surface area contributed by atoms with E-state index in [4.69, 9.17) is 18.8 Å². The molecule has 168 valence electrons. The molecule has 0 radical (unpaired) electrons. The Balaban J connectivity index is 1.65. The molecule has 2 unspecified atom stereocenters. The number of hydrogen-bond acceptors (Lipinski definition) is 6. The van der Waals surface area contributed by atoms with Crippen LogP contribution < -0.4 is 0 Å². The Labute approximate surface area is 165 Å². The van der Waals surface area contributed by atoms with Crippen LogP contribution in [0.4, 0.5) is 17.6 Å². The Morgan fingerprint density at radius 1 is 1.14 bits per heavy atom. The van der Waals surface area contributed by atoms with E-state index < -0.39 is 51.3 Å². The SMILES string of the molecule is COCOC12CC3CC(C1)CC(C(=O)OCCC(F)(F)C(F)(F)S(=O)(=O)O)(C3)C2. The van der Waals surface area contributed by atoms with Gasteiger partial charge >= 0.3 is 27.3 Å². The number of halogens is 4. The molecule has 0 amide bonds. The Kier molecular flexibility index (Phi) is 5.72. The second-order valence-electron chi connectivity index (χ2n) is 8.56. The normalized spacial score (nSPS) is 34.4. The van der Waals surface area contributed by atoms with Gasteiger partial charge in [-0.15, -0.1) is 0 Å². The molecule has 12 heteroatoms. The molecule has 0 aromatic carbocycles. The van der Waals surface area contributed by atoms with E-state index in [-0.39, 0.29) is 18.6 Å². The number of rotatable bonds is 9. The molecule has 0 saturated heterocycles. The lowest BCUT2D eigenvalue weighted by molar-refractivity contribution is -0.232. The lowest BCUT2D eigenvalue weighted by Gasteiger charge is -2.60. The van der Waals surface area contributed by atoms with Crippen LogP contribution in [0.25, 0.3) is 0 Å². The zero-order valence-corrected chi connectivity index (χ0v) is 16.7. The van der Waals surface area contributed by atoms with E-state index in [2.05, 4.69) is 0 Å². The molecule has 2 atom stereocenters. The number of ether oxygens (including phenoxy) is 3. The van der Waals surface area contributed by atoms with Gasteiger partial charge in [-0.2, -0.15) is 26.0 Å². The molecule has 1 N–H and O–H groups in total. The molecule has 0 aromatic heterocycles. The van der Waals surface area contributed by atoms with E-state index in [9.17, 15) is 30.8 Å². The number of hydrogen-bond donors (Lipinski definition) is 1. The van der Waals surface area contributed by atoms with Gasteiger partial charge < -0.3 is 14.2 Å². The van der Waals surface area contributed by atoms with Gasteiger partial charge in [0.15, 0.2) is 0 Å². The molecule has 4 rings (SSSR count). The van der Waals surface area contributed by atoms with Crippen LogP contribution in [-0.4, -0.2) is 56.2 Å². The summed E-state index contributed by atoms with van der Waals surface area (Å²) in [6.07, 6.45) is 2.09.